The highest BCUT2D eigenvalue weighted by atomic mass is 16.5. The molecule has 0 fully saturated rings. The lowest BCUT2D eigenvalue weighted by molar-refractivity contribution is 0.101. The van der Waals surface area contributed by atoms with E-state index in [1.807, 2.05) is 27.7 Å². The lowest BCUT2D eigenvalue weighted by atomic mass is 9.96. The summed E-state index contributed by atoms with van der Waals surface area (Å²) in [7, 11) is 0. The van der Waals surface area contributed by atoms with Crippen LogP contribution in [0, 0.1) is 0 Å². The number of ether oxygens (including phenoxy) is 1. The molecule has 1 aromatic carbocycles. The topological polar surface area (TPSA) is 79.9 Å². The molecule has 0 aliphatic carbocycles. The summed E-state index contributed by atoms with van der Waals surface area (Å²) in [6.07, 6.45) is 0. The molecule has 0 saturated heterocycles. The highest BCUT2D eigenvalue weighted by molar-refractivity contribution is 6.01. The van der Waals surface area contributed by atoms with E-state index in [2.05, 4.69) is 20.5 Å². The van der Waals surface area contributed by atoms with E-state index in [0.717, 1.165) is 5.75 Å². The second kappa shape index (κ2) is 5.95. The standard InChI is InChI=1S/C15H20N4O2/c1-5-21-11-8-6-10(7-9-11)16-13(20)12-17-14(19-18-12)15(2,3)4/h6-9H,5H2,1-4H3,(H,16,20)(H,17,18,19). The molecule has 0 unspecified atom stereocenters. The van der Waals surface area contributed by atoms with E-state index >= 15 is 0 Å². The van der Waals surface area contributed by atoms with E-state index in [-0.39, 0.29) is 17.1 Å². The number of H-pyrrole nitrogens is 1. The lowest BCUT2D eigenvalue weighted by Crippen LogP contribution is -2.16. The predicted octanol–water partition coefficient (Wildman–Crippen LogP) is 2.75. The van der Waals surface area contributed by atoms with Crippen LogP contribution in [0.3, 0.4) is 0 Å². The number of aromatic amines is 1. The Labute approximate surface area is 123 Å². The fourth-order valence-electron chi connectivity index (χ4n) is 1.69. The van der Waals surface area contributed by atoms with Crippen molar-refractivity contribution in [1.29, 1.82) is 0 Å². The van der Waals surface area contributed by atoms with Gasteiger partial charge >= 0.3 is 0 Å². The molecular weight excluding hydrogens is 268 g/mol. The summed E-state index contributed by atoms with van der Waals surface area (Å²) in [5.41, 5.74) is 0.496. The number of benzene rings is 1. The second-order valence-electron chi connectivity index (χ2n) is 5.67. The maximum atomic E-state index is 12.1. The Balaban J connectivity index is 2.05. The molecule has 0 atom stereocenters. The Morgan fingerprint density at radius 2 is 1.95 bits per heavy atom. The van der Waals surface area contributed by atoms with E-state index in [1.54, 1.807) is 24.3 Å². The summed E-state index contributed by atoms with van der Waals surface area (Å²) in [5.74, 6) is 1.24. The number of nitrogens with one attached hydrogen (secondary N) is 2. The molecule has 1 aromatic heterocycles. The molecule has 0 bridgehead atoms. The molecule has 0 spiro atoms. The normalized spacial score (nSPS) is 11.2. The van der Waals surface area contributed by atoms with Gasteiger partial charge in [-0.3, -0.25) is 9.89 Å². The molecule has 6 nitrogen and oxygen atoms in total. The molecule has 2 rings (SSSR count). The van der Waals surface area contributed by atoms with Crippen LogP contribution in [-0.4, -0.2) is 27.7 Å². The zero-order valence-corrected chi connectivity index (χ0v) is 12.7. The van der Waals surface area contributed by atoms with E-state index in [9.17, 15) is 4.79 Å². The van der Waals surface area contributed by atoms with Crippen molar-refractivity contribution in [3.8, 4) is 5.75 Å². The molecule has 0 aliphatic heterocycles. The Morgan fingerprint density at radius 3 is 2.48 bits per heavy atom. The molecule has 112 valence electrons. The zero-order chi connectivity index (χ0) is 15.5. The van der Waals surface area contributed by atoms with Crippen molar-refractivity contribution in [2.75, 3.05) is 11.9 Å². The minimum atomic E-state index is -0.342. The van der Waals surface area contributed by atoms with Gasteiger partial charge in [-0.25, -0.2) is 4.98 Å². The van der Waals surface area contributed by atoms with Crippen molar-refractivity contribution in [1.82, 2.24) is 15.2 Å². The first kappa shape index (κ1) is 15.0. The average Bonchev–Trinajstić information content (AvgIpc) is 2.91. The SMILES string of the molecule is CCOc1ccc(NC(=O)c2n[nH]c(C(C)(C)C)n2)cc1. The van der Waals surface area contributed by atoms with Crippen molar-refractivity contribution in [3.05, 3.63) is 35.9 Å². The van der Waals surface area contributed by atoms with Crippen molar-refractivity contribution in [2.45, 2.75) is 33.1 Å². The lowest BCUT2D eigenvalue weighted by Gasteiger charge is -2.12. The Kier molecular flexibility index (Phi) is 4.26. The second-order valence-corrected chi connectivity index (χ2v) is 5.67. The quantitative estimate of drug-likeness (QED) is 0.906. The maximum absolute atomic E-state index is 12.1. The fraction of sp³-hybridized carbons (Fsp3) is 0.400. The minimum absolute atomic E-state index is 0.133. The molecule has 0 saturated carbocycles. The molecule has 6 heteroatoms. The Hall–Kier alpha value is -2.37. The molecule has 2 N–H and O–H groups in total. The third-order valence-corrected chi connectivity index (χ3v) is 2.82. The largest absolute Gasteiger partial charge is 0.494 e. The predicted molar refractivity (Wildman–Crippen MR) is 80.6 cm³/mol. The van der Waals surface area contributed by atoms with E-state index in [4.69, 9.17) is 4.74 Å². The average molecular weight is 288 g/mol. The molecule has 1 heterocycles. The number of aromatic nitrogens is 3. The number of rotatable bonds is 4. The summed E-state index contributed by atoms with van der Waals surface area (Å²) in [4.78, 5) is 16.3. The molecule has 21 heavy (non-hydrogen) atoms. The number of nitrogens with zero attached hydrogens (tertiary/aromatic N) is 2. The Bertz CT molecular complexity index is 611. The highest BCUT2D eigenvalue weighted by Crippen LogP contribution is 2.18. The van der Waals surface area contributed by atoms with Crippen molar-refractivity contribution in [3.63, 3.8) is 0 Å². The van der Waals surface area contributed by atoms with Crippen molar-refractivity contribution < 1.29 is 9.53 Å². The molecular formula is C15H20N4O2. The van der Waals surface area contributed by atoms with Gasteiger partial charge in [-0.2, -0.15) is 0 Å². The first-order valence-corrected chi connectivity index (χ1v) is 6.87. The fourth-order valence-corrected chi connectivity index (χ4v) is 1.69. The van der Waals surface area contributed by atoms with Gasteiger partial charge < -0.3 is 10.1 Å². The first-order chi connectivity index (χ1) is 9.90. The van der Waals surface area contributed by atoms with Gasteiger partial charge in [0.05, 0.1) is 6.61 Å². The number of amides is 1. The summed E-state index contributed by atoms with van der Waals surface area (Å²) in [6, 6.07) is 7.16. The van der Waals surface area contributed by atoms with Gasteiger partial charge in [0.2, 0.25) is 5.82 Å². The number of hydrogen-bond acceptors (Lipinski definition) is 4. The number of anilines is 1. The number of carbonyl (C=O) groups excluding carboxylic acids is 1. The van der Waals surface area contributed by atoms with Gasteiger partial charge in [0.15, 0.2) is 0 Å². The minimum Gasteiger partial charge on any atom is -0.494 e. The summed E-state index contributed by atoms with van der Waals surface area (Å²) in [6.45, 7) is 8.54. The van der Waals surface area contributed by atoms with Crippen molar-refractivity contribution >= 4 is 11.6 Å². The highest BCUT2D eigenvalue weighted by Gasteiger charge is 2.21. The van der Waals surface area contributed by atoms with Crippen LogP contribution < -0.4 is 10.1 Å². The van der Waals surface area contributed by atoms with Gasteiger partial charge in [0.25, 0.3) is 5.91 Å². The van der Waals surface area contributed by atoms with Gasteiger partial charge in [-0.15, -0.1) is 5.10 Å². The summed E-state index contributed by atoms with van der Waals surface area (Å²) >= 11 is 0. The molecule has 0 aliphatic rings. The van der Waals surface area contributed by atoms with Crippen LogP contribution in [0.1, 0.15) is 44.1 Å². The third kappa shape index (κ3) is 3.81. The van der Waals surface area contributed by atoms with Crippen LogP contribution in [-0.2, 0) is 5.41 Å². The van der Waals surface area contributed by atoms with E-state index in [1.165, 1.54) is 0 Å². The smallest absolute Gasteiger partial charge is 0.295 e. The summed E-state index contributed by atoms with van der Waals surface area (Å²) < 4.78 is 5.35. The van der Waals surface area contributed by atoms with Crippen LogP contribution in [0.5, 0.6) is 5.75 Å². The van der Waals surface area contributed by atoms with Gasteiger partial charge in [-0.05, 0) is 31.2 Å². The molecule has 1 amide bonds. The van der Waals surface area contributed by atoms with Gasteiger partial charge in [-0.1, -0.05) is 20.8 Å². The van der Waals surface area contributed by atoms with Crippen molar-refractivity contribution in [2.24, 2.45) is 0 Å². The maximum Gasteiger partial charge on any atom is 0.295 e. The van der Waals surface area contributed by atoms with Gasteiger partial charge in [0, 0.05) is 11.1 Å². The van der Waals surface area contributed by atoms with Crippen LogP contribution in [0.25, 0.3) is 0 Å². The van der Waals surface area contributed by atoms with Crippen LogP contribution in [0.4, 0.5) is 5.69 Å². The first-order valence-electron chi connectivity index (χ1n) is 6.87. The van der Waals surface area contributed by atoms with E-state index in [0.29, 0.717) is 18.1 Å². The van der Waals surface area contributed by atoms with Crippen LogP contribution in [0.2, 0.25) is 0 Å². The number of carbonyl (C=O) groups is 1. The number of hydrogen-bond donors (Lipinski definition) is 2. The monoisotopic (exact) mass is 288 g/mol. The third-order valence-electron chi connectivity index (χ3n) is 2.82. The summed E-state index contributed by atoms with van der Waals surface area (Å²) in [5, 5.41) is 9.50. The molecule has 2 aromatic rings. The zero-order valence-electron chi connectivity index (χ0n) is 12.7. The Morgan fingerprint density at radius 1 is 1.29 bits per heavy atom. The van der Waals surface area contributed by atoms with Crippen LogP contribution in [0.15, 0.2) is 24.3 Å². The molecule has 0 radical (unpaired) electrons. The van der Waals surface area contributed by atoms with Crippen LogP contribution >= 0.6 is 0 Å². The van der Waals surface area contributed by atoms with Gasteiger partial charge in [0.1, 0.15) is 11.6 Å². The van der Waals surface area contributed by atoms with E-state index < -0.39 is 0 Å².